The lowest BCUT2D eigenvalue weighted by Gasteiger charge is -1.80. The van der Waals surface area contributed by atoms with Gasteiger partial charge in [0, 0.05) is 0 Å². The molecule has 0 amide bonds. The summed E-state index contributed by atoms with van der Waals surface area (Å²) in [5.74, 6) is 0. The van der Waals surface area contributed by atoms with Gasteiger partial charge in [0.2, 0.25) is 0 Å². The van der Waals surface area contributed by atoms with Crippen LogP contribution in [0.5, 0.6) is 0 Å². The number of hydrogen-bond acceptors (Lipinski definition) is 2. The molecule has 0 aromatic heterocycles. The van der Waals surface area contributed by atoms with Gasteiger partial charge in [-0.15, -0.1) is 0 Å². The maximum atomic E-state index is 9.79. The Labute approximate surface area is 51.2 Å². The first kappa shape index (κ1) is 7.05. The van der Waals surface area contributed by atoms with Crippen molar-refractivity contribution in [2.75, 3.05) is 0 Å². The Bertz CT molecular complexity index is 89.7. The van der Waals surface area contributed by atoms with Crippen LogP contribution in [0.4, 0.5) is 0 Å². The molecule has 40 valence electrons. The molecule has 0 fully saturated rings. The second-order valence-corrected chi connectivity index (χ2v) is 1.97. The van der Waals surface area contributed by atoms with Crippen LogP contribution in [0.1, 0.15) is 6.92 Å². The molecule has 0 rings (SSSR count). The number of carbonyl (C=O) groups is 1. The van der Waals surface area contributed by atoms with Crippen LogP contribution in [-0.4, -0.2) is 6.29 Å². The Balaban J connectivity index is 3.60. The summed E-state index contributed by atoms with van der Waals surface area (Å²) in [5.41, 5.74) is 0. The average Bonchev–Trinajstić information content (AvgIpc) is 1.72. The highest BCUT2D eigenvalue weighted by Gasteiger charge is 1.85. The summed E-state index contributed by atoms with van der Waals surface area (Å²) in [6, 6.07) is 0. The first-order valence-electron chi connectivity index (χ1n) is 1.75. The third kappa shape index (κ3) is 2.71. The Morgan fingerprint density at radius 1 is 1.86 bits per heavy atom. The Morgan fingerprint density at radius 2 is 2.43 bits per heavy atom. The number of aldehydes is 1. The van der Waals surface area contributed by atoms with E-state index in [-0.39, 0.29) is 0 Å². The molecular formula is C4H5ClOS. The minimum Gasteiger partial charge on any atom is -0.297 e. The van der Waals surface area contributed by atoms with Gasteiger partial charge in [0.25, 0.3) is 0 Å². The number of halogens is 1. The highest BCUT2D eigenvalue weighted by molar-refractivity contribution is 8.24. The number of carbonyl (C=O) groups excluding carboxylic acids is 1. The van der Waals surface area contributed by atoms with Gasteiger partial charge in [-0.2, -0.15) is 0 Å². The normalized spacial score (nSPS) is 11.4. The zero-order valence-electron chi connectivity index (χ0n) is 3.85. The molecule has 0 aromatic carbocycles. The van der Waals surface area contributed by atoms with E-state index in [1.165, 1.54) is 0 Å². The van der Waals surface area contributed by atoms with E-state index in [4.69, 9.17) is 10.7 Å². The van der Waals surface area contributed by atoms with Crippen molar-refractivity contribution in [1.82, 2.24) is 0 Å². The van der Waals surface area contributed by atoms with Crippen LogP contribution < -0.4 is 0 Å². The minimum absolute atomic E-state index is 0.557. The third-order valence-electron chi connectivity index (χ3n) is 0.490. The van der Waals surface area contributed by atoms with E-state index in [2.05, 4.69) is 0 Å². The van der Waals surface area contributed by atoms with Gasteiger partial charge < -0.3 is 0 Å². The van der Waals surface area contributed by atoms with Crippen molar-refractivity contribution in [3.63, 3.8) is 0 Å². The van der Waals surface area contributed by atoms with E-state index < -0.39 is 0 Å². The molecule has 0 aromatic rings. The van der Waals surface area contributed by atoms with E-state index in [9.17, 15) is 4.79 Å². The topological polar surface area (TPSA) is 17.1 Å². The lowest BCUT2D eigenvalue weighted by Crippen LogP contribution is -1.68. The summed E-state index contributed by atoms with van der Waals surface area (Å²) in [4.78, 5) is 10.4. The summed E-state index contributed by atoms with van der Waals surface area (Å²) < 4.78 is 0. The van der Waals surface area contributed by atoms with Gasteiger partial charge >= 0.3 is 0 Å². The first-order chi connectivity index (χ1) is 3.35. The summed E-state index contributed by atoms with van der Waals surface area (Å²) >= 11 is 0. The molecule has 0 radical (unpaired) electrons. The van der Waals surface area contributed by atoms with Crippen molar-refractivity contribution in [1.29, 1.82) is 0 Å². The zero-order valence-corrected chi connectivity index (χ0v) is 5.42. The Kier molecular flexibility index (Phi) is 4.25. The molecule has 3 heteroatoms. The number of allylic oxidation sites excluding steroid dienone is 2. The number of hydrogen-bond donors (Lipinski definition) is 0. The number of rotatable bonds is 2. The largest absolute Gasteiger partial charge is 0.297 e. The van der Waals surface area contributed by atoms with Crippen LogP contribution in [0.2, 0.25) is 0 Å². The fraction of sp³-hybridized carbons (Fsp3) is 0.250. The third-order valence-corrected chi connectivity index (χ3v) is 1.53. The van der Waals surface area contributed by atoms with Crippen molar-refractivity contribution < 1.29 is 4.79 Å². The molecule has 0 bridgehead atoms. The van der Waals surface area contributed by atoms with E-state index >= 15 is 0 Å². The van der Waals surface area contributed by atoms with E-state index in [1.807, 2.05) is 0 Å². The molecule has 0 N–H and O–H groups in total. The van der Waals surface area contributed by atoms with E-state index in [0.29, 0.717) is 4.91 Å². The van der Waals surface area contributed by atoms with Gasteiger partial charge in [-0.25, -0.2) is 0 Å². The van der Waals surface area contributed by atoms with Gasteiger partial charge in [-0.05, 0) is 28.6 Å². The van der Waals surface area contributed by atoms with Crippen LogP contribution >= 0.6 is 21.7 Å². The predicted octanol–water partition coefficient (Wildman–Crippen LogP) is 1.98. The van der Waals surface area contributed by atoms with Crippen molar-refractivity contribution in [3.8, 4) is 0 Å². The Hall–Kier alpha value is 0.0500. The fourth-order valence-electron chi connectivity index (χ4n) is 0.131. The Morgan fingerprint density at radius 3 is 2.43 bits per heavy atom. The molecule has 0 aliphatic carbocycles. The molecule has 0 heterocycles. The smallest absolute Gasteiger partial charge is 0.157 e. The van der Waals surface area contributed by atoms with Gasteiger partial charge in [0.05, 0.1) is 4.91 Å². The summed E-state index contributed by atoms with van der Waals surface area (Å²) in [6.07, 6.45) is 2.38. The highest BCUT2D eigenvalue weighted by atomic mass is 35.7. The standard InChI is InChI=1S/C4H5ClOS/c1-2-4(3-6)7-5/h2-3H,1H3/b4-2-. The molecule has 0 aliphatic rings. The van der Waals surface area contributed by atoms with Crippen molar-refractivity contribution in [2.24, 2.45) is 0 Å². The van der Waals surface area contributed by atoms with Gasteiger partial charge in [0.15, 0.2) is 6.29 Å². The van der Waals surface area contributed by atoms with Crippen LogP contribution in [0.3, 0.4) is 0 Å². The lowest BCUT2D eigenvalue weighted by atomic mass is 10.6. The van der Waals surface area contributed by atoms with Crippen LogP contribution in [-0.2, 0) is 4.79 Å². The summed E-state index contributed by atoms with van der Waals surface area (Å²) in [7, 11) is 6.12. The highest BCUT2D eigenvalue weighted by Crippen LogP contribution is 2.16. The van der Waals surface area contributed by atoms with Gasteiger partial charge in [0.1, 0.15) is 0 Å². The minimum atomic E-state index is 0.557. The maximum absolute atomic E-state index is 9.79. The van der Waals surface area contributed by atoms with Crippen molar-refractivity contribution in [3.05, 3.63) is 11.0 Å². The zero-order chi connectivity index (χ0) is 5.70. The molecule has 7 heavy (non-hydrogen) atoms. The average molecular weight is 137 g/mol. The molecule has 0 spiro atoms. The molecule has 0 unspecified atom stereocenters. The van der Waals surface area contributed by atoms with Crippen LogP contribution in [0.15, 0.2) is 11.0 Å². The van der Waals surface area contributed by atoms with Crippen molar-refractivity contribution >= 4 is 27.9 Å². The second kappa shape index (κ2) is 4.22. The van der Waals surface area contributed by atoms with Crippen LogP contribution in [0, 0.1) is 0 Å². The van der Waals surface area contributed by atoms with Gasteiger partial charge in [-0.3, -0.25) is 4.79 Å². The summed E-state index contributed by atoms with van der Waals surface area (Å²) in [6.45, 7) is 1.76. The summed E-state index contributed by atoms with van der Waals surface area (Å²) in [5, 5.41) is 0. The second-order valence-electron chi connectivity index (χ2n) is 0.886. The monoisotopic (exact) mass is 136 g/mol. The maximum Gasteiger partial charge on any atom is 0.157 e. The van der Waals surface area contributed by atoms with E-state index in [1.54, 1.807) is 13.0 Å². The molecule has 0 saturated carbocycles. The molecular weight excluding hydrogens is 132 g/mol. The molecule has 0 saturated heterocycles. The van der Waals surface area contributed by atoms with Gasteiger partial charge in [-0.1, -0.05) is 6.08 Å². The molecule has 0 atom stereocenters. The predicted molar refractivity (Wildman–Crippen MR) is 33.3 cm³/mol. The van der Waals surface area contributed by atoms with E-state index in [0.717, 1.165) is 17.3 Å². The van der Waals surface area contributed by atoms with Crippen LogP contribution in [0.25, 0.3) is 0 Å². The SMILES string of the molecule is C/C=C(/C=O)SCl. The molecule has 0 aliphatic heterocycles. The van der Waals surface area contributed by atoms with Crippen molar-refractivity contribution in [2.45, 2.75) is 6.92 Å². The first-order valence-corrected chi connectivity index (χ1v) is 3.39. The quantitative estimate of drug-likeness (QED) is 0.427. The lowest BCUT2D eigenvalue weighted by molar-refractivity contribution is -0.104. The molecule has 1 nitrogen and oxygen atoms in total. The fourth-order valence-corrected chi connectivity index (χ4v) is 0.633.